The van der Waals surface area contributed by atoms with Gasteiger partial charge in [0.1, 0.15) is 0 Å². The summed E-state index contributed by atoms with van der Waals surface area (Å²) in [6.45, 7) is 7.90. The minimum atomic E-state index is -0.259. The van der Waals surface area contributed by atoms with Crippen molar-refractivity contribution in [3.05, 3.63) is 16.1 Å². The van der Waals surface area contributed by atoms with Gasteiger partial charge < -0.3 is 4.74 Å². The fraction of sp³-hybridized carbons (Fsp3) is 0.714. The quantitative estimate of drug-likeness (QED) is 0.823. The lowest BCUT2D eigenvalue weighted by atomic mass is 9.79. The van der Waals surface area contributed by atoms with Crippen LogP contribution in [-0.4, -0.2) is 18.2 Å². The topological polar surface area (TPSA) is 45.9 Å². The van der Waals surface area contributed by atoms with Crippen LogP contribution in [-0.2, 0) is 16.6 Å². The molecule has 3 nitrogen and oxygen atoms in total. The third kappa shape index (κ3) is 2.90. The fourth-order valence-corrected chi connectivity index (χ4v) is 3.28. The van der Waals surface area contributed by atoms with Crippen LogP contribution in [0.2, 0.25) is 0 Å². The zero-order valence-electron chi connectivity index (χ0n) is 11.3. The summed E-state index contributed by atoms with van der Waals surface area (Å²) in [4.78, 5) is 4.70. The lowest BCUT2D eigenvalue weighted by Gasteiger charge is -2.29. The van der Waals surface area contributed by atoms with Gasteiger partial charge in [0.2, 0.25) is 0 Å². The van der Waals surface area contributed by atoms with Crippen molar-refractivity contribution < 1.29 is 4.74 Å². The molecule has 0 atom stereocenters. The molecule has 0 saturated carbocycles. The Balaban J connectivity index is 2.13. The third-order valence-electron chi connectivity index (χ3n) is 3.50. The second-order valence-corrected chi connectivity index (χ2v) is 7.00. The first-order valence-electron chi connectivity index (χ1n) is 6.39. The SMILES string of the molecule is CC(C)(C)c1csc(CC2(C#N)CCOCC2)n1. The average Bonchev–Trinajstić information content (AvgIpc) is 2.78. The van der Waals surface area contributed by atoms with Gasteiger partial charge in [-0.1, -0.05) is 20.8 Å². The van der Waals surface area contributed by atoms with Gasteiger partial charge in [-0.15, -0.1) is 11.3 Å². The van der Waals surface area contributed by atoms with E-state index in [4.69, 9.17) is 9.72 Å². The Kier molecular flexibility index (Phi) is 3.74. The van der Waals surface area contributed by atoms with Gasteiger partial charge in [-0.2, -0.15) is 5.26 Å². The molecule has 2 rings (SSSR count). The Labute approximate surface area is 113 Å². The van der Waals surface area contributed by atoms with Crippen molar-refractivity contribution in [2.75, 3.05) is 13.2 Å². The molecule has 1 aromatic rings. The van der Waals surface area contributed by atoms with Crippen molar-refractivity contribution in [3.8, 4) is 6.07 Å². The minimum Gasteiger partial charge on any atom is -0.381 e. The van der Waals surface area contributed by atoms with Gasteiger partial charge in [-0.3, -0.25) is 0 Å². The molecular formula is C14H20N2OS. The second kappa shape index (κ2) is 4.99. The molecule has 2 heterocycles. The van der Waals surface area contributed by atoms with Crippen LogP contribution in [0.15, 0.2) is 5.38 Å². The highest BCUT2D eigenvalue weighted by molar-refractivity contribution is 7.09. The summed E-state index contributed by atoms with van der Waals surface area (Å²) >= 11 is 1.68. The second-order valence-electron chi connectivity index (χ2n) is 6.06. The first kappa shape index (κ1) is 13.5. The van der Waals surface area contributed by atoms with E-state index in [1.54, 1.807) is 11.3 Å². The van der Waals surface area contributed by atoms with E-state index >= 15 is 0 Å². The number of rotatable bonds is 2. The summed E-state index contributed by atoms with van der Waals surface area (Å²) in [6.07, 6.45) is 2.43. The molecule has 4 heteroatoms. The normalized spacial score (nSPS) is 19.4. The number of thiazole rings is 1. The van der Waals surface area contributed by atoms with Crippen LogP contribution in [0.4, 0.5) is 0 Å². The van der Waals surface area contributed by atoms with Crippen molar-refractivity contribution in [2.45, 2.75) is 45.4 Å². The number of ether oxygens (including phenoxy) is 1. The van der Waals surface area contributed by atoms with E-state index < -0.39 is 0 Å². The van der Waals surface area contributed by atoms with Crippen molar-refractivity contribution in [1.82, 2.24) is 4.98 Å². The molecule has 0 bridgehead atoms. The summed E-state index contributed by atoms with van der Waals surface area (Å²) in [7, 11) is 0. The zero-order valence-corrected chi connectivity index (χ0v) is 12.1. The Morgan fingerprint density at radius 2 is 2.11 bits per heavy atom. The van der Waals surface area contributed by atoms with Gasteiger partial charge in [-0.25, -0.2) is 4.98 Å². The first-order chi connectivity index (χ1) is 8.45. The maximum Gasteiger partial charge on any atom is 0.0944 e. The van der Waals surface area contributed by atoms with E-state index in [1.165, 1.54) is 0 Å². The van der Waals surface area contributed by atoms with Gasteiger partial charge in [0.15, 0.2) is 0 Å². The van der Waals surface area contributed by atoms with Crippen molar-refractivity contribution in [1.29, 1.82) is 5.26 Å². The highest BCUT2D eigenvalue weighted by atomic mass is 32.1. The molecule has 98 valence electrons. The van der Waals surface area contributed by atoms with Crippen LogP contribution in [0.5, 0.6) is 0 Å². The molecule has 0 unspecified atom stereocenters. The predicted molar refractivity (Wildman–Crippen MR) is 72.6 cm³/mol. The molecule has 1 aromatic heterocycles. The van der Waals surface area contributed by atoms with E-state index in [0.717, 1.165) is 30.0 Å². The van der Waals surface area contributed by atoms with E-state index in [1.807, 2.05) is 0 Å². The molecule has 0 aromatic carbocycles. The Morgan fingerprint density at radius 1 is 1.44 bits per heavy atom. The molecule has 1 aliphatic heterocycles. The maximum atomic E-state index is 9.44. The Morgan fingerprint density at radius 3 is 2.61 bits per heavy atom. The van der Waals surface area contributed by atoms with Gasteiger partial charge in [0, 0.05) is 30.4 Å². The van der Waals surface area contributed by atoms with Gasteiger partial charge in [-0.05, 0) is 12.8 Å². The zero-order chi connectivity index (χ0) is 13.2. The molecule has 0 N–H and O–H groups in total. The van der Waals surface area contributed by atoms with Crippen LogP contribution in [0.1, 0.15) is 44.3 Å². The van der Waals surface area contributed by atoms with Crippen molar-refractivity contribution in [2.24, 2.45) is 5.41 Å². The smallest absolute Gasteiger partial charge is 0.0944 e. The standard InChI is InChI=1S/C14H20N2OS/c1-13(2,3)11-9-18-12(16-11)8-14(10-15)4-6-17-7-5-14/h9H,4-8H2,1-3H3. The van der Waals surface area contributed by atoms with E-state index in [9.17, 15) is 5.26 Å². The summed E-state index contributed by atoms with van der Waals surface area (Å²) in [5.41, 5.74) is 0.956. The van der Waals surface area contributed by atoms with Gasteiger partial charge >= 0.3 is 0 Å². The number of nitrogens with zero attached hydrogens (tertiary/aromatic N) is 2. The van der Waals surface area contributed by atoms with E-state index in [-0.39, 0.29) is 10.8 Å². The molecule has 0 spiro atoms. The largest absolute Gasteiger partial charge is 0.381 e. The Bertz CT molecular complexity index is 447. The highest BCUT2D eigenvalue weighted by Gasteiger charge is 2.34. The van der Waals surface area contributed by atoms with E-state index in [2.05, 4.69) is 32.2 Å². The van der Waals surface area contributed by atoms with Gasteiger partial charge in [0.05, 0.1) is 22.2 Å². The van der Waals surface area contributed by atoms with Crippen molar-refractivity contribution in [3.63, 3.8) is 0 Å². The first-order valence-corrected chi connectivity index (χ1v) is 7.27. The summed E-state index contributed by atoms with van der Waals surface area (Å²) in [5.74, 6) is 0. The molecule has 0 aliphatic carbocycles. The maximum absolute atomic E-state index is 9.44. The summed E-state index contributed by atoms with van der Waals surface area (Å²) < 4.78 is 5.36. The predicted octanol–water partition coefficient (Wildman–Crippen LogP) is 3.30. The lowest BCUT2D eigenvalue weighted by molar-refractivity contribution is 0.0406. The molecule has 0 radical (unpaired) electrons. The molecule has 1 fully saturated rings. The summed E-state index contributed by atoms with van der Waals surface area (Å²) in [6, 6.07) is 2.50. The van der Waals surface area contributed by atoms with Crippen LogP contribution >= 0.6 is 11.3 Å². The minimum absolute atomic E-state index is 0.0875. The Hall–Kier alpha value is -0.920. The molecule has 1 saturated heterocycles. The van der Waals surface area contributed by atoms with Crippen LogP contribution in [0, 0.1) is 16.7 Å². The number of hydrogen-bond donors (Lipinski definition) is 0. The van der Waals surface area contributed by atoms with Crippen LogP contribution < -0.4 is 0 Å². The molecule has 18 heavy (non-hydrogen) atoms. The third-order valence-corrected chi connectivity index (χ3v) is 4.35. The molecule has 1 aliphatic rings. The van der Waals surface area contributed by atoms with Crippen molar-refractivity contribution >= 4 is 11.3 Å². The van der Waals surface area contributed by atoms with Gasteiger partial charge in [0.25, 0.3) is 0 Å². The molecule has 0 amide bonds. The monoisotopic (exact) mass is 264 g/mol. The number of hydrogen-bond acceptors (Lipinski definition) is 4. The average molecular weight is 264 g/mol. The molecular weight excluding hydrogens is 244 g/mol. The van der Waals surface area contributed by atoms with Crippen LogP contribution in [0.25, 0.3) is 0 Å². The van der Waals surface area contributed by atoms with E-state index in [0.29, 0.717) is 13.2 Å². The number of aromatic nitrogens is 1. The highest BCUT2D eigenvalue weighted by Crippen LogP contribution is 2.35. The lowest BCUT2D eigenvalue weighted by Crippen LogP contribution is -2.30. The fourth-order valence-electron chi connectivity index (χ4n) is 2.12. The number of nitriles is 1. The summed E-state index contributed by atoms with van der Waals surface area (Å²) in [5, 5.41) is 12.7. The van der Waals surface area contributed by atoms with Crippen LogP contribution in [0.3, 0.4) is 0 Å².